The van der Waals surface area contributed by atoms with Crippen LogP contribution in [0.3, 0.4) is 0 Å². The average molecular weight is 213 g/mol. The fraction of sp³-hybridized carbons (Fsp3) is 0. The highest BCUT2D eigenvalue weighted by Gasteiger charge is 1.92. The largest absolute Gasteiger partial charge is 0.508 e. The third-order valence-corrected chi connectivity index (χ3v) is 2.00. The number of benzene rings is 2. The molecule has 0 saturated carbocycles. The van der Waals surface area contributed by atoms with Crippen LogP contribution in [0.2, 0.25) is 0 Å². The van der Waals surface area contributed by atoms with Gasteiger partial charge in [0.2, 0.25) is 0 Å². The maximum Gasteiger partial charge on any atom is 0.115 e. The van der Waals surface area contributed by atoms with E-state index in [1.165, 1.54) is 0 Å². The van der Waals surface area contributed by atoms with Crippen molar-refractivity contribution >= 4 is 17.1 Å². The second kappa shape index (κ2) is 4.44. The van der Waals surface area contributed by atoms with Crippen molar-refractivity contribution < 1.29 is 5.11 Å². The predicted octanol–water partition coefficient (Wildman–Crippen LogP) is 3.39. The smallest absolute Gasteiger partial charge is 0.115 e. The first-order valence-corrected chi connectivity index (χ1v) is 4.80. The fourth-order valence-electron chi connectivity index (χ4n) is 1.22. The molecule has 16 heavy (non-hydrogen) atoms. The van der Waals surface area contributed by atoms with Gasteiger partial charge in [-0.3, -0.25) is 0 Å². The molecule has 80 valence electrons. The standard InChI is InChI=1S/C12H11N3O/c13-9-2-1-3-11(8-9)15-14-10-4-6-12(16)7-5-10/h1-8,16H,13H2. The highest BCUT2D eigenvalue weighted by atomic mass is 16.3. The molecule has 2 rings (SSSR count). The summed E-state index contributed by atoms with van der Waals surface area (Å²) in [6.45, 7) is 0. The third kappa shape index (κ3) is 2.57. The number of hydrogen-bond acceptors (Lipinski definition) is 4. The molecule has 0 aliphatic heterocycles. The zero-order chi connectivity index (χ0) is 11.4. The lowest BCUT2D eigenvalue weighted by Gasteiger charge is -1.95. The zero-order valence-electron chi connectivity index (χ0n) is 8.54. The minimum absolute atomic E-state index is 0.211. The molecule has 0 unspecified atom stereocenters. The number of nitrogens with two attached hydrogens (primary N) is 1. The first kappa shape index (κ1) is 10.2. The van der Waals surface area contributed by atoms with Gasteiger partial charge in [0.1, 0.15) is 5.75 Å². The molecule has 0 saturated heterocycles. The number of azo groups is 1. The van der Waals surface area contributed by atoms with E-state index < -0.39 is 0 Å². The number of nitrogen functional groups attached to an aromatic ring is 1. The van der Waals surface area contributed by atoms with Crippen molar-refractivity contribution in [2.75, 3.05) is 5.73 Å². The topological polar surface area (TPSA) is 71.0 Å². The van der Waals surface area contributed by atoms with E-state index in [4.69, 9.17) is 10.8 Å². The highest BCUT2D eigenvalue weighted by Crippen LogP contribution is 2.21. The maximum atomic E-state index is 9.09. The van der Waals surface area contributed by atoms with Crippen molar-refractivity contribution in [3.63, 3.8) is 0 Å². The van der Waals surface area contributed by atoms with Crippen LogP contribution >= 0.6 is 0 Å². The Labute approximate surface area is 93.1 Å². The molecule has 0 aromatic heterocycles. The first-order chi connectivity index (χ1) is 7.74. The van der Waals surface area contributed by atoms with Crippen LogP contribution in [0.4, 0.5) is 17.1 Å². The summed E-state index contributed by atoms with van der Waals surface area (Å²) < 4.78 is 0. The van der Waals surface area contributed by atoms with Gasteiger partial charge in [0.25, 0.3) is 0 Å². The first-order valence-electron chi connectivity index (χ1n) is 4.80. The van der Waals surface area contributed by atoms with E-state index in [1.807, 2.05) is 12.1 Å². The Morgan fingerprint density at radius 2 is 1.56 bits per heavy atom. The number of aromatic hydroxyl groups is 1. The second-order valence-corrected chi connectivity index (χ2v) is 3.31. The van der Waals surface area contributed by atoms with Crippen molar-refractivity contribution in [1.82, 2.24) is 0 Å². The molecular formula is C12H11N3O. The Morgan fingerprint density at radius 1 is 0.875 bits per heavy atom. The number of phenols is 1. The summed E-state index contributed by atoms with van der Waals surface area (Å²) in [7, 11) is 0. The predicted molar refractivity (Wildman–Crippen MR) is 63.1 cm³/mol. The van der Waals surface area contributed by atoms with Gasteiger partial charge in [0.15, 0.2) is 0 Å². The van der Waals surface area contributed by atoms with E-state index in [0.29, 0.717) is 17.1 Å². The Balaban J connectivity index is 2.18. The summed E-state index contributed by atoms with van der Waals surface area (Å²) >= 11 is 0. The van der Waals surface area contributed by atoms with E-state index in [0.717, 1.165) is 0 Å². The molecule has 4 heteroatoms. The third-order valence-electron chi connectivity index (χ3n) is 2.00. The maximum absolute atomic E-state index is 9.09. The quantitative estimate of drug-likeness (QED) is 0.592. The molecule has 0 atom stereocenters. The average Bonchev–Trinajstić information content (AvgIpc) is 2.28. The molecule has 2 aromatic rings. The van der Waals surface area contributed by atoms with Crippen molar-refractivity contribution in [3.05, 3.63) is 48.5 Å². The van der Waals surface area contributed by atoms with Crippen LogP contribution in [0.5, 0.6) is 5.75 Å². The number of phenolic OH excluding ortho intramolecular Hbond substituents is 1. The zero-order valence-corrected chi connectivity index (χ0v) is 8.54. The number of hydrogen-bond donors (Lipinski definition) is 2. The number of rotatable bonds is 2. The lowest BCUT2D eigenvalue weighted by atomic mass is 10.3. The summed E-state index contributed by atoms with van der Waals surface area (Å²) in [6.07, 6.45) is 0. The summed E-state index contributed by atoms with van der Waals surface area (Å²) in [4.78, 5) is 0. The van der Waals surface area contributed by atoms with Crippen molar-refractivity contribution in [3.8, 4) is 5.75 Å². The minimum atomic E-state index is 0.211. The second-order valence-electron chi connectivity index (χ2n) is 3.31. The van der Waals surface area contributed by atoms with Crippen molar-refractivity contribution in [2.45, 2.75) is 0 Å². The van der Waals surface area contributed by atoms with Gasteiger partial charge in [-0.1, -0.05) is 6.07 Å². The monoisotopic (exact) mass is 213 g/mol. The van der Waals surface area contributed by atoms with Gasteiger partial charge < -0.3 is 10.8 Å². The molecular weight excluding hydrogens is 202 g/mol. The molecule has 2 aromatic carbocycles. The number of nitrogens with zero attached hydrogens (tertiary/aromatic N) is 2. The van der Waals surface area contributed by atoms with E-state index in [-0.39, 0.29) is 5.75 Å². The Morgan fingerprint density at radius 3 is 2.25 bits per heavy atom. The van der Waals surface area contributed by atoms with Crippen LogP contribution in [0.15, 0.2) is 58.8 Å². The summed E-state index contributed by atoms with van der Waals surface area (Å²) in [5.41, 5.74) is 7.65. The van der Waals surface area contributed by atoms with Crippen LogP contribution in [0.1, 0.15) is 0 Å². The minimum Gasteiger partial charge on any atom is -0.508 e. The van der Waals surface area contributed by atoms with Crippen LogP contribution in [0.25, 0.3) is 0 Å². The molecule has 0 fully saturated rings. The molecule has 0 bridgehead atoms. The Kier molecular flexibility index (Phi) is 2.82. The molecule has 0 amide bonds. The van der Waals surface area contributed by atoms with Gasteiger partial charge in [-0.05, 0) is 42.5 Å². The SMILES string of the molecule is Nc1cccc(N=Nc2ccc(O)cc2)c1. The Bertz CT molecular complexity index is 506. The normalized spacial score (nSPS) is 10.8. The van der Waals surface area contributed by atoms with Gasteiger partial charge in [-0.2, -0.15) is 10.2 Å². The molecule has 0 radical (unpaired) electrons. The van der Waals surface area contributed by atoms with Gasteiger partial charge in [-0.15, -0.1) is 0 Å². The number of anilines is 1. The Hall–Kier alpha value is -2.36. The van der Waals surface area contributed by atoms with E-state index in [9.17, 15) is 0 Å². The van der Waals surface area contributed by atoms with E-state index in [2.05, 4.69) is 10.2 Å². The van der Waals surface area contributed by atoms with Gasteiger partial charge >= 0.3 is 0 Å². The molecule has 3 N–H and O–H groups in total. The molecule has 0 aliphatic rings. The van der Waals surface area contributed by atoms with Crippen molar-refractivity contribution in [1.29, 1.82) is 0 Å². The lowest BCUT2D eigenvalue weighted by molar-refractivity contribution is 0.475. The van der Waals surface area contributed by atoms with Gasteiger partial charge in [-0.25, -0.2) is 0 Å². The van der Waals surface area contributed by atoms with Crippen LogP contribution in [-0.2, 0) is 0 Å². The van der Waals surface area contributed by atoms with Gasteiger partial charge in [0.05, 0.1) is 11.4 Å². The lowest BCUT2D eigenvalue weighted by Crippen LogP contribution is -1.80. The van der Waals surface area contributed by atoms with Crippen LogP contribution in [0, 0.1) is 0 Å². The molecule has 4 nitrogen and oxygen atoms in total. The summed E-state index contributed by atoms with van der Waals surface area (Å²) in [6, 6.07) is 13.7. The van der Waals surface area contributed by atoms with Crippen LogP contribution in [-0.4, -0.2) is 5.11 Å². The molecule has 0 spiro atoms. The highest BCUT2D eigenvalue weighted by molar-refractivity contribution is 5.50. The van der Waals surface area contributed by atoms with Gasteiger partial charge in [0, 0.05) is 5.69 Å². The van der Waals surface area contributed by atoms with Crippen molar-refractivity contribution in [2.24, 2.45) is 10.2 Å². The fourth-order valence-corrected chi connectivity index (χ4v) is 1.22. The molecule has 0 aliphatic carbocycles. The van der Waals surface area contributed by atoms with Crippen LogP contribution < -0.4 is 5.73 Å². The van der Waals surface area contributed by atoms with E-state index >= 15 is 0 Å². The summed E-state index contributed by atoms with van der Waals surface area (Å²) in [5, 5.41) is 17.1. The summed E-state index contributed by atoms with van der Waals surface area (Å²) in [5.74, 6) is 0.211. The molecule has 0 heterocycles. The van der Waals surface area contributed by atoms with E-state index in [1.54, 1.807) is 36.4 Å².